The highest BCUT2D eigenvalue weighted by Crippen LogP contribution is 2.32. The summed E-state index contributed by atoms with van der Waals surface area (Å²) in [6.45, 7) is 8.48. The maximum atomic E-state index is 13.6. The van der Waals surface area contributed by atoms with E-state index < -0.39 is 20.9 Å². The normalized spacial score (nSPS) is 18.4. The first kappa shape index (κ1) is 25.3. The van der Waals surface area contributed by atoms with Crippen LogP contribution in [0.25, 0.3) is 22.2 Å². The standard InChI is InChI=1S/C27H33N5O4S/c1-17-28-21-8-6-19(15-22(21)29-17)18-7-10-24-20(14-18)16-32(12-13-36-24)26(33)23-9-11-25(31(23)5)37(34,35)30-27(2,3)4/h6-10,14-15,25,30H,11-13,16H2,1-5H3,(H,28,29). The van der Waals surface area contributed by atoms with E-state index in [-0.39, 0.29) is 12.3 Å². The Morgan fingerprint density at radius 2 is 1.89 bits per heavy atom. The van der Waals surface area contributed by atoms with Crippen LogP contribution in [0.3, 0.4) is 0 Å². The van der Waals surface area contributed by atoms with Gasteiger partial charge in [0.15, 0.2) is 0 Å². The van der Waals surface area contributed by atoms with Crippen LogP contribution in [0.2, 0.25) is 0 Å². The van der Waals surface area contributed by atoms with E-state index in [1.165, 1.54) is 0 Å². The summed E-state index contributed by atoms with van der Waals surface area (Å²) in [5.41, 5.74) is 4.65. The second kappa shape index (κ2) is 9.18. The Labute approximate surface area is 217 Å². The summed E-state index contributed by atoms with van der Waals surface area (Å²) >= 11 is 0. The number of aromatic amines is 1. The molecule has 2 aromatic carbocycles. The van der Waals surface area contributed by atoms with E-state index in [0.29, 0.717) is 25.4 Å². The first-order valence-corrected chi connectivity index (χ1v) is 13.9. The average molecular weight is 524 g/mol. The number of aryl methyl sites for hydroxylation is 1. The number of likely N-dealkylation sites (N-methyl/N-ethyl adjacent to an activating group) is 1. The second-order valence-electron chi connectivity index (χ2n) is 10.7. The van der Waals surface area contributed by atoms with Gasteiger partial charge in [-0.3, -0.25) is 4.79 Å². The molecule has 10 heteroatoms. The average Bonchev–Trinajstić information content (AvgIpc) is 3.30. The minimum absolute atomic E-state index is 0.202. The molecule has 1 unspecified atom stereocenters. The van der Waals surface area contributed by atoms with Crippen LogP contribution in [0.1, 0.15) is 38.6 Å². The van der Waals surface area contributed by atoms with Crippen molar-refractivity contribution in [1.29, 1.82) is 0 Å². The second-order valence-corrected chi connectivity index (χ2v) is 12.6. The molecule has 0 fully saturated rings. The lowest BCUT2D eigenvalue weighted by Gasteiger charge is -2.30. The third kappa shape index (κ3) is 5.08. The zero-order chi connectivity index (χ0) is 26.5. The lowest BCUT2D eigenvalue weighted by molar-refractivity contribution is -0.129. The fraction of sp³-hybridized carbons (Fsp3) is 0.407. The van der Waals surface area contributed by atoms with E-state index >= 15 is 0 Å². The number of carbonyl (C=O) groups is 1. The van der Waals surface area contributed by atoms with Gasteiger partial charge in [-0.2, -0.15) is 0 Å². The molecule has 0 saturated heterocycles. The summed E-state index contributed by atoms with van der Waals surface area (Å²) in [7, 11) is -1.99. The van der Waals surface area contributed by atoms with Crippen molar-refractivity contribution in [3.8, 4) is 16.9 Å². The van der Waals surface area contributed by atoms with Crippen LogP contribution in [0, 0.1) is 6.92 Å². The molecule has 196 valence electrons. The summed E-state index contributed by atoms with van der Waals surface area (Å²) in [5, 5.41) is -0.825. The number of imidazole rings is 1. The van der Waals surface area contributed by atoms with E-state index in [2.05, 4.69) is 26.8 Å². The van der Waals surface area contributed by atoms with Crippen molar-refractivity contribution in [2.24, 2.45) is 0 Å². The smallest absolute Gasteiger partial charge is 0.270 e. The first-order valence-electron chi connectivity index (χ1n) is 12.4. The van der Waals surface area contributed by atoms with Crippen LogP contribution in [0.4, 0.5) is 0 Å². The van der Waals surface area contributed by atoms with Crippen molar-refractivity contribution in [1.82, 2.24) is 24.5 Å². The minimum Gasteiger partial charge on any atom is -0.491 e. The van der Waals surface area contributed by atoms with Crippen LogP contribution in [0.5, 0.6) is 5.75 Å². The highest BCUT2D eigenvalue weighted by atomic mass is 32.2. The molecule has 0 radical (unpaired) electrons. The van der Waals surface area contributed by atoms with E-state index in [1.807, 2.05) is 31.2 Å². The van der Waals surface area contributed by atoms with Gasteiger partial charge in [0.05, 0.1) is 23.3 Å². The van der Waals surface area contributed by atoms with E-state index in [9.17, 15) is 13.2 Å². The SMILES string of the molecule is Cc1nc2ccc(-c3ccc4c(c3)CN(C(=O)C3=CCC(S(=O)(=O)NC(C)(C)C)N3C)CCO4)cc2[nH]1. The molecule has 0 saturated carbocycles. The Kier molecular flexibility index (Phi) is 6.27. The highest BCUT2D eigenvalue weighted by molar-refractivity contribution is 7.90. The van der Waals surface area contributed by atoms with Gasteiger partial charge in [0.1, 0.15) is 23.6 Å². The number of sulfonamides is 1. The number of aromatic nitrogens is 2. The molecule has 2 aliphatic rings. The molecule has 37 heavy (non-hydrogen) atoms. The molecule has 1 atom stereocenters. The molecule has 5 rings (SSSR count). The number of nitrogens with one attached hydrogen (secondary N) is 2. The van der Waals surface area contributed by atoms with Crippen molar-refractivity contribution in [2.75, 3.05) is 20.2 Å². The van der Waals surface area contributed by atoms with Crippen molar-refractivity contribution in [3.63, 3.8) is 0 Å². The number of ether oxygens (including phenoxy) is 1. The number of carbonyl (C=O) groups excluding carboxylic acids is 1. The Morgan fingerprint density at radius 3 is 2.65 bits per heavy atom. The summed E-state index contributed by atoms with van der Waals surface area (Å²) in [6.07, 6.45) is 1.98. The Hall–Kier alpha value is -3.37. The Balaban J connectivity index is 1.36. The monoisotopic (exact) mass is 523 g/mol. The summed E-state index contributed by atoms with van der Waals surface area (Å²) < 4.78 is 34.6. The van der Waals surface area contributed by atoms with Crippen LogP contribution in [-0.4, -0.2) is 65.2 Å². The molecule has 9 nitrogen and oxygen atoms in total. The van der Waals surface area contributed by atoms with Gasteiger partial charge in [-0.25, -0.2) is 18.1 Å². The van der Waals surface area contributed by atoms with E-state index in [0.717, 1.165) is 39.3 Å². The number of hydrogen-bond acceptors (Lipinski definition) is 6. The number of hydrogen-bond donors (Lipinski definition) is 2. The number of H-pyrrole nitrogens is 1. The van der Waals surface area contributed by atoms with Gasteiger partial charge in [0.25, 0.3) is 5.91 Å². The lowest BCUT2D eigenvalue weighted by atomic mass is 10.0. The van der Waals surface area contributed by atoms with Gasteiger partial charge in [0, 0.05) is 31.1 Å². The molecule has 2 N–H and O–H groups in total. The summed E-state index contributed by atoms with van der Waals surface area (Å²) in [6, 6.07) is 12.1. The number of fused-ring (bicyclic) bond motifs is 2. The predicted molar refractivity (Wildman–Crippen MR) is 143 cm³/mol. The van der Waals surface area contributed by atoms with Crippen LogP contribution in [0.15, 0.2) is 48.2 Å². The molecule has 0 spiro atoms. The zero-order valence-electron chi connectivity index (χ0n) is 21.8. The van der Waals surface area contributed by atoms with Crippen molar-refractivity contribution in [3.05, 3.63) is 59.6 Å². The summed E-state index contributed by atoms with van der Waals surface area (Å²) in [4.78, 5) is 24.6. The van der Waals surface area contributed by atoms with Crippen molar-refractivity contribution < 1.29 is 17.9 Å². The largest absolute Gasteiger partial charge is 0.491 e. The lowest BCUT2D eigenvalue weighted by Crippen LogP contribution is -2.49. The molecular weight excluding hydrogens is 490 g/mol. The molecule has 0 aliphatic carbocycles. The van der Waals surface area contributed by atoms with Crippen molar-refractivity contribution >= 4 is 27.0 Å². The molecule has 3 heterocycles. The number of benzene rings is 2. The third-order valence-electron chi connectivity index (χ3n) is 6.61. The van der Waals surface area contributed by atoms with Crippen LogP contribution < -0.4 is 9.46 Å². The minimum atomic E-state index is -3.65. The molecule has 1 amide bonds. The highest BCUT2D eigenvalue weighted by Gasteiger charge is 2.39. The van der Waals surface area contributed by atoms with Gasteiger partial charge >= 0.3 is 0 Å². The predicted octanol–water partition coefficient (Wildman–Crippen LogP) is 3.52. The number of rotatable bonds is 4. The van der Waals surface area contributed by atoms with Crippen LogP contribution in [-0.2, 0) is 21.4 Å². The number of nitrogens with zero attached hydrogens (tertiary/aromatic N) is 3. The summed E-state index contributed by atoms with van der Waals surface area (Å²) in [5.74, 6) is 1.42. The molecule has 2 aliphatic heterocycles. The fourth-order valence-corrected chi connectivity index (χ4v) is 6.83. The zero-order valence-corrected chi connectivity index (χ0v) is 22.6. The maximum absolute atomic E-state index is 13.6. The molecule has 3 aromatic rings. The first-order chi connectivity index (χ1) is 17.4. The van der Waals surface area contributed by atoms with Crippen LogP contribution >= 0.6 is 0 Å². The Bertz CT molecular complexity index is 1500. The third-order valence-corrected chi connectivity index (χ3v) is 8.73. The molecule has 0 bridgehead atoms. The van der Waals surface area contributed by atoms with Gasteiger partial charge in [-0.05, 0) is 63.1 Å². The van der Waals surface area contributed by atoms with Gasteiger partial charge in [-0.1, -0.05) is 18.2 Å². The molecule has 1 aromatic heterocycles. The van der Waals surface area contributed by atoms with Gasteiger partial charge < -0.3 is 19.5 Å². The fourth-order valence-electron chi connectivity index (χ4n) is 4.96. The van der Waals surface area contributed by atoms with Crippen molar-refractivity contribution in [2.45, 2.75) is 51.6 Å². The van der Waals surface area contributed by atoms with Gasteiger partial charge in [0.2, 0.25) is 10.0 Å². The quantitative estimate of drug-likeness (QED) is 0.542. The topological polar surface area (TPSA) is 108 Å². The van der Waals surface area contributed by atoms with E-state index in [4.69, 9.17) is 4.74 Å². The van der Waals surface area contributed by atoms with E-state index in [1.54, 1.807) is 43.7 Å². The number of amides is 1. The maximum Gasteiger partial charge on any atom is 0.270 e. The Morgan fingerprint density at radius 1 is 1.16 bits per heavy atom. The van der Waals surface area contributed by atoms with Gasteiger partial charge in [-0.15, -0.1) is 0 Å². The molecular formula is C27H33N5O4S.